The molecule has 0 aliphatic rings. The highest BCUT2D eigenvalue weighted by Gasteiger charge is 2.10. The SMILES string of the molecule is CCCCC(CNCCOC)c1cccc(Cl)c1. The highest BCUT2D eigenvalue weighted by Crippen LogP contribution is 2.24. The van der Waals surface area contributed by atoms with Gasteiger partial charge in [0.25, 0.3) is 0 Å². The van der Waals surface area contributed by atoms with E-state index >= 15 is 0 Å². The van der Waals surface area contributed by atoms with Gasteiger partial charge in [-0.05, 0) is 30.0 Å². The molecule has 0 saturated carbocycles. The summed E-state index contributed by atoms with van der Waals surface area (Å²) in [5.74, 6) is 0.542. The molecule has 1 unspecified atom stereocenters. The summed E-state index contributed by atoms with van der Waals surface area (Å²) in [5.41, 5.74) is 1.33. The third-order valence-electron chi connectivity index (χ3n) is 3.10. The van der Waals surface area contributed by atoms with E-state index in [9.17, 15) is 0 Å². The molecule has 0 saturated heterocycles. The maximum Gasteiger partial charge on any atom is 0.0587 e. The molecule has 3 heteroatoms. The van der Waals surface area contributed by atoms with Gasteiger partial charge in [-0.1, -0.05) is 43.5 Å². The Balaban J connectivity index is 2.54. The minimum absolute atomic E-state index is 0.542. The smallest absolute Gasteiger partial charge is 0.0587 e. The number of benzene rings is 1. The molecule has 1 aromatic rings. The number of nitrogens with one attached hydrogen (secondary N) is 1. The second-order valence-corrected chi connectivity index (χ2v) is 5.03. The van der Waals surface area contributed by atoms with Crippen LogP contribution in [0.15, 0.2) is 24.3 Å². The van der Waals surface area contributed by atoms with E-state index in [2.05, 4.69) is 24.4 Å². The molecule has 0 radical (unpaired) electrons. The Bertz CT molecular complexity index is 330. The Morgan fingerprint density at radius 2 is 2.22 bits per heavy atom. The molecule has 0 aliphatic heterocycles. The molecule has 0 heterocycles. The molecule has 0 bridgehead atoms. The van der Waals surface area contributed by atoms with Gasteiger partial charge in [0.15, 0.2) is 0 Å². The van der Waals surface area contributed by atoms with Gasteiger partial charge in [0.2, 0.25) is 0 Å². The maximum atomic E-state index is 6.07. The molecule has 1 N–H and O–H groups in total. The summed E-state index contributed by atoms with van der Waals surface area (Å²) in [5, 5.41) is 4.27. The average molecular weight is 270 g/mol. The van der Waals surface area contributed by atoms with Gasteiger partial charge in [-0.3, -0.25) is 0 Å². The molecule has 1 rings (SSSR count). The van der Waals surface area contributed by atoms with Crippen molar-refractivity contribution in [3.05, 3.63) is 34.9 Å². The van der Waals surface area contributed by atoms with E-state index in [0.717, 1.165) is 24.7 Å². The van der Waals surface area contributed by atoms with Gasteiger partial charge < -0.3 is 10.1 Å². The second-order valence-electron chi connectivity index (χ2n) is 4.59. The zero-order chi connectivity index (χ0) is 13.2. The minimum atomic E-state index is 0.542. The summed E-state index contributed by atoms with van der Waals surface area (Å²) < 4.78 is 5.05. The van der Waals surface area contributed by atoms with Crippen molar-refractivity contribution in [3.8, 4) is 0 Å². The average Bonchev–Trinajstić information content (AvgIpc) is 2.38. The van der Waals surface area contributed by atoms with Gasteiger partial charge >= 0.3 is 0 Å². The number of halogens is 1. The number of hydrogen-bond acceptors (Lipinski definition) is 2. The molecule has 0 fully saturated rings. The zero-order valence-corrected chi connectivity index (χ0v) is 12.2. The van der Waals surface area contributed by atoms with Gasteiger partial charge in [-0.25, -0.2) is 0 Å². The van der Waals surface area contributed by atoms with E-state index in [1.807, 2.05) is 12.1 Å². The zero-order valence-electron chi connectivity index (χ0n) is 11.4. The van der Waals surface area contributed by atoms with Crippen molar-refractivity contribution in [3.63, 3.8) is 0 Å². The Hall–Kier alpha value is -0.570. The first-order valence-electron chi connectivity index (χ1n) is 6.73. The van der Waals surface area contributed by atoms with Gasteiger partial charge in [0, 0.05) is 25.2 Å². The number of ether oxygens (including phenoxy) is 1. The first-order valence-corrected chi connectivity index (χ1v) is 7.10. The normalized spacial score (nSPS) is 12.6. The lowest BCUT2D eigenvalue weighted by molar-refractivity contribution is 0.198. The third kappa shape index (κ3) is 5.85. The summed E-state index contributed by atoms with van der Waals surface area (Å²) in [6.45, 7) is 4.88. The quantitative estimate of drug-likeness (QED) is 0.688. The van der Waals surface area contributed by atoms with E-state index in [1.165, 1.54) is 24.8 Å². The standard InChI is InChI=1S/C15H24ClNO/c1-3-4-6-14(12-17-9-10-18-2)13-7-5-8-15(16)11-13/h5,7-8,11,14,17H,3-4,6,9-10,12H2,1-2H3. The van der Waals surface area contributed by atoms with Gasteiger partial charge in [0.1, 0.15) is 0 Å². The largest absolute Gasteiger partial charge is 0.383 e. The summed E-state index contributed by atoms with van der Waals surface area (Å²) in [6, 6.07) is 8.22. The fraction of sp³-hybridized carbons (Fsp3) is 0.600. The molecule has 1 aromatic carbocycles. The van der Waals surface area contributed by atoms with Crippen LogP contribution in [0.1, 0.15) is 37.7 Å². The van der Waals surface area contributed by atoms with Gasteiger partial charge in [0.05, 0.1) is 6.61 Å². The lowest BCUT2D eigenvalue weighted by atomic mass is 9.93. The van der Waals surface area contributed by atoms with Crippen LogP contribution in [0.5, 0.6) is 0 Å². The highest BCUT2D eigenvalue weighted by molar-refractivity contribution is 6.30. The van der Waals surface area contributed by atoms with Gasteiger partial charge in [-0.2, -0.15) is 0 Å². The monoisotopic (exact) mass is 269 g/mol. The van der Waals surface area contributed by atoms with Crippen molar-refractivity contribution in [2.75, 3.05) is 26.8 Å². The summed E-state index contributed by atoms with van der Waals surface area (Å²) in [6.07, 6.45) is 3.69. The van der Waals surface area contributed by atoms with Crippen molar-refractivity contribution in [2.24, 2.45) is 0 Å². The molecular formula is C15H24ClNO. The maximum absolute atomic E-state index is 6.07. The first kappa shape index (κ1) is 15.5. The number of methoxy groups -OCH3 is 1. The van der Waals surface area contributed by atoms with Crippen molar-refractivity contribution in [1.29, 1.82) is 0 Å². The number of rotatable bonds is 9. The van der Waals surface area contributed by atoms with Crippen LogP contribution in [-0.4, -0.2) is 26.8 Å². The summed E-state index contributed by atoms with van der Waals surface area (Å²) >= 11 is 6.07. The molecule has 0 amide bonds. The van der Waals surface area contributed by atoms with Crippen LogP contribution in [0, 0.1) is 0 Å². The van der Waals surface area contributed by atoms with E-state index < -0.39 is 0 Å². The van der Waals surface area contributed by atoms with Crippen LogP contribution >= 0.6 is 11.6 Å². The fourth-order valence-corrected chi connectivity index (χ4v) is 2.25. The van der Waals surface area contributed by atoms with Crippen LogP contribution in [0.4, 0.5) is 0 Å². The van der Waals surface area contributed by atoms with Crippen LogP contribution < -0.4 is 5.32 Å². The lowest BCUT2D eigenvalue weighted by Gasteiger charge is -2.18. The molecule has 102 valence electrons. The van der Waals surface area contributed by atoms with E-state index in [-0.39, 0.29) is 0 Å². The van der Waals surface area contributed by atoms with Crippen molar-refractivity contribution < 1.29 is 4.74 Å². The molecule has 18 heavy (non-hydrogen) atoms. The Morgan fingerprint density at radius 3 is 2.89 bits per heavy atom. The lowest BCUT2D eigenvalue weighted by Crippen LogP contribution is -2.25. The summed E-state index contributed by atoms with van der Waals surface area (Å²) in [7, 11) is 1.73. The van der Waals surface area contributed by atoms with Crippen molar-refractivity contribution >= 4 is 11.6 Å². The Kier molecular flexibility index (Phi) is 8.06. The second kappa shape index (κ2) is 9.37. The molecule has 0 aliphatic carbocycles. The molecule has 2 nitrogen and oxygen atoms in total. The van der Waals surface area contributed by atoms with E-state index in [4.69, 9.17) is 16.3 Å². The van der Waals surface area contributed by atoms with Crippen molar-refractivity contribution in [1.82, 2.24) is 5.32 Å². The molecule has 1 atom stereocenters. The van der Waals surface area contributed by atoms with E-state index in [1.54, 1.807) is 7.11 Å². The third-order valence-corrected chi connectivity index (χ3v) is 3.34. The summed E-state index contributed by atoms with van der Waals surface area (Å²) in [4.78, 5) is 0. The Labute approximate surface area is 116 Å². The number of unbranched alkanes of at least 4 members (excludes halogenated alkanes) is 1. The van der Waals surface area contributed by atoms with Crippen molar-refractivity contribution in [2.45, 2.75) is 32.1 Å². The number of hydrogen-bond donors (Lipinski definition) is 1. The van der Waals surface area contributed by atoms with Crippen LogP contribution in [0.2, 0.25) is 5.02 Å². The topological polar surface area (TPSA) is 21.3 Å². The predicted octanol–water partition coefficient (Wildman–Crippen LogP) is 3.85. The predicted molar refractivity (Wildman–Crippen MR) is 78.5 cm³/mol. The van der Waals surface area contributed by atoms with Crippen LogP contribution in [0.25, 0.3) is 0 Å². The van der Waals surface area contributed by atoms with Gasteiger partial charge in [-0.15, -0.1) is 0 Å². The molecular weight excluding hydrogens is 246 g/mol. The highest BCUT2D eigenvalue weighted by atomic mass is 35.5. The minimum Gasteiger partial charge on any atom is -0.383 e. The van der Waals surface area contributed by atoms with Crippen LogP contribution in [-0.2, 0) is 4.74 Å². The molecule has 0 aromatic heterocycles. The molecule has 0 spiro atoms. The first-order chi connectivity index (χ1) is 8.77. The van der Waals surface area contributed by atoms with Crippen LogP contribution in [0.3, 0.4) is 0 Å². The fourth-order valence-electron chi connectivity index (χ4n) is 2.05. The Morgan fingerprint density at radius 1 is 1.39 bits per heavy atom. The van der Waals surface area contributed by atoms with E-state index in [0.29, 0.717) is 5.92 Å².